The molecule has 4 heterocycles. The second-order valence-corrected chi connectivity index (χ2v) is 7.38. The number of aromatic nitrogens is 6. The average Bonchev–Trinajstić information content (AvgIpc) is 3.34. The number of hydrogen-bond donors (Lipinski definition) is 1. The first kappa shape index (κ1) is 19.5. The normalized spacial score (nSPS) is 11.3. The summed E-state index contributed by atoms with van der Waals surface area (Å²) in [5.74, 6) is 0.615. The van der Waals surface area contributed by atoms with E-state index in [1.165, 1.54) is 26.1 Å². The van der Waals surface area contributed by atoms with Crippen LogP contribution in [0.5, 0.6) is 0 Å². The van der Waals surface area contributed by atoms with Crippen LogP contribution in [0.1, 0.15) is 11.5 Å². The van der Waals surface area contributed by atoms with E-state index in [2.05, 4.69) is 15.1 Å². The second-order valence-electron chi connectivity index (χ2n) is 7.38. The SMILES string of the molecule is Cc1ocnc1Cn1nc2c(-c3ccc(=O)n(C)c3)c(-c3ccccc3)nc(N)n2c1=O. The Morgan fingerprint density at radius 2 is 1.84 bits per heavy atom. The number of aryl methyl sites for hydroxylation is 2. The van der Waals surface area contributed by atoms with Crippen molar-refractivity contribution in [1.29, 1.82) is 0 Å². The molecule has 0 atom stereocenters. The zero-order valence-electron chi connectivity index (χ0n) is 17.4. The maximum atomic E-state index is 13.2. The molecule has 0 radical (unpaired) electrons. The van der Waals surface area contributed by atoms with Gasteiger partial charge < -0.3 is 14.7 Å². The van der Waals surface area contributed by atoms with E-state index in [1.807, 2.05) is 30.3 Å². The first-order valence-electron chi connectivity index (χ1n) is 9.84. The Labute approximate surface area is 181 Å². The van der Waals surface area contributed by atoms with Gasteiger partial charge in [0, 0.05) is 30.4 Å². The molecule has 0 fully saturated rings. The van der Waals surface area contributed by atoms with Crippen LogP contribution in [0.25, 0.3) is 28.0 Å². The fourth-order valence-electron chi connectivity index (χ4n) is 3.64. The number of fused-ring (bicyclic) bond motifs is 1. The quantitative estimate of drug-likeness (QED) is 0.462. The van der Waals surface area contributed by atoms with Gasteiger partial charge in [-0.3, -0.25) is 4.79 Å². The topological polar surface area (TPSA) is 126 Å². The number of nitrogen functional groups attached to an aromatic ring is 1. The van der Waals surface area contributed by atoms with Crippen molar-refractivity contribution in [2.24, 2.45) is 7.05 Å². The molecule has 160 valence electrons. The molecule has 0 bridgehead atoms. The lowest BCUT2D eigenvalue weighted by molar-refractivity contribution is 0.521. The van der Waals surface area contributed by atoms with Gasteiger partial charge in [0.05, 0.1) is 17.8 Å². The molecular formula is C22H19N7O3. The third-order valence-corrected chi connectivity index (χ3v) is 5.32. The largest absolute Gasteiger partial charge is 0.448 e. The number of hydrogen-bond acceptors (Lipinski definition) is 7. The molecule has 0 aliphatic carbocycles. The lowest BCUT2D eigenvalue weighted by Gasteiger charge is -2.12. The van der Waals surface area contributed by atoms with E-state index >= 15 is 0 Å². The molecule has 1 aromatic carbocycles. The van der Waals surface area contributed by atoms with Crippen LogP contribution in [-0.2, 0) is 13.6 Å². The Bertz CT molecular complexity index is 1580. The molecular weight excluding hydrogens is 410 g/mol. The third kappa shape index (κ3) is 3.09. The van der Waals surface area contributed by atoms with Crippen LogP contribution in [0.15, 0.2) is 69.1 Å². The van der Waals surface area contributed by atoms with E-state index in [4.69, 9.17) is 10.2 Å². The van der Waals surface area contributed by atoms with E-state index < -0.39 is 5.69 Å². The molecule has 10 heteroatoms. The van der Waals surface area contributed by atoms with E-state index in [-0.39, 0.29) is 18.1 Å². The van der Waals surface area contributed by atoms with Gasteiger partial charge in [-0.15, -0.1) is 5.10 Å². The minimum Gasteiger partial charge on any atom is -0.448 e. The highest BCUT2D eigenvalue weighted by atomic mass is 16.3. The summed E-state index contributed by atoms with van der Waals surface area (Å²) in [5.41, 5.74) is 9.18. The van der Waals surface area contributed by atoms with Crippen molar-refractivity contribution in [2.75, 3.05) is 5.73 Å². The minimum absolute atomic E-state index is 0.0144. The second kappa shape index (κ2) is 7.34. The van der Waals surface area contributed by atoms with Crippen molar-refractivity contribution in [3.8, 4) is 22.4 Å². The molecule has 0 amide bonds. The van der Waals surface area contributed by atoms with Crippen molar-refractivity contribution >= 4 is 11.6 Å². The highest BCUT2D eigenvalue weighted by molar-refractivity contribution is 5.90. The van der Waals surface area contributed by atoms with Gasteiger partial charge in [0.15, 0.2) is 12.0 Å². The van der Waals surface area contributed by atoms with Crippen LogP contribution in [0.4, 0.5) is 5.95 Å². The number of benzene rings is 1. The van der Waals surface area contributed by atoms with Gasteiger partial charge in [0.2, 0.25) is 11.5 Å². The Hall–Kier alpha value is -4.47. The van der Waals surface area contributed by atoms with Crippen LogP contribution in [0, 0.1) is 6.92 Å². The number of oxazole rings is 1. The maximum absolute atomic E-state index is 13.2. The average molecular weight is 429 g/mol. The Morgan fingerprint density at radius 3 is 2.53 bits per heavy atom. The molecule has 2 N–H and O–H groups in total. The lowest BCUT2D eigenvalue weighted by Crippen LogP contribution is -2.24. The molecule has 4 aromatic heterocycles. The summed E-state index contributed by atoms with van der Waals surface area (Å²) < 4.78 is 9.24. The zero-order valence-corrected chi connectivity index (χ0v) is 17.4. The van der Waals surface area contributed by atoms with Gasteiger partial charge in [-0.2, -0.15) is 0 Å². The zero-order chi connectivity index (χ0) is 22.4. The van der Waals surface area contributed by atoms with Gasteiger partial charge in [0.25, 0.3) is 0 Å². The number of anilines is 1. The highest BCUT2D eigenvalue weighted by Gasteiger charge is 2.22. The van der Waals surface area contributed by atoms with Crippen LogP contribution >= 0.6 is 0 Å². The summed E-state index contributed by atoms with van der Waals surface area (Å²) in [6, 6.07) is 12.6. The van der Waals surface area contributed by atoms with Gasteiger partial charge in [-0.05, 0) is 13.0 Å². The highest BCUT2D eigenvalue weighted by Crippen LogP contribution is 2.33. The van der Waals surface area contributed by atoms with Crippen molar-refractivity contribution < 1.29 is 4.42 Å². The Kier molecular flexibility index (Phi) is 4.47. The van der Waals surface area contributed by atoms with Crippen molar-refractivity contribution in [1.82, 2.24) is 28.7 Å². The van der Waals surface area contributed by atoms with E-state index in [1.54, 1.807) is 26.2 Å². The number of nitrogens with zero attached hydrogens (tertiary/aromatic N) is 6. The Morgan fingerprint density at radius 1 is 1.06 bits per heavy atom. The molecule has 0 aliphatic rings. The summed E-state index contributed by atoms with van der Waals surface area (Å²) in [5, 5.41) is 4.58. The maximum Gasteiger partial charge on any atom is 0.353 e. The predicted molar refractivity (Wildman–Crippen MR) is 118 cm³/mol. The first-order chi connectivity index (χ1) is 15.4. The van der Waals surface area contributed by atoms with Crippen molar-refractivity contribution in [3.63, 3.8) is 0 Å². The van der Waals surface area contributed by atoms with E-state index in [0.29, 0.717) is 33.9 Å². The van der Waals surface area contributed by atoms with Gasteiger partial charge >= 0.3 is 5.69 Å². The monoisotopic (exact) mass is 429 g/mol. The van der Waals surface area contributed by atoms with Crippen LogP contribution in [0.3, 0.4) is 0 Å². The predicted octanol–water partition coefficient (Wildman–Crippen LogP) is 1.85. The summed E-state index contributed by atoms with van der Waals surface area (Å²) in [6.45, 7) is 1.89. The van der Waals surface area contributed by atoms with Gasteiger partial charge in [0.1, 0.15) is 11.5 Å². The summed E-state index contributed by atoms with van der Waals surface area (Å²) >= 11 is 0. The van der Waals surface area contributed by atoms with Gasteiger partial charge in [-0.1, -0.05) is 30.3 Å². The molecule has 32 heavy (non-hydrogen) atoms. The lowest BCUT2D eigenvalue weighted by atomic mass is 10.0. The van der Waals surface area contributed by atoms with E-state index in [0.717, 1.165) is 5.56 Å². The van der Waals surface area contributed by atoms with Crippen LogP contribution in [0.2, 0.25) is 0 Å². The summed E-state index contributed by atoms with van der Waals surface area (Å²) in [6.07, 6.45) is 3.01. The molecule has 0 saturated carbocycles. The fraction of sp³-hybridized carbons (Fsp3) is 0.136. The molecule has 5 aromatic rings. The molecule has 5 rings (SSSR count). The van der Waals surface area contributed by atoms with Gasteiger partial charge in [-0.25, -0.2) is 23.8 Å². The van der Waals surface area contributed by atoms with Crippen LogP contribution in [-0.4, -0.2) is 28.7 Å². The van der Waals surface area contributed by atoms with Crippen LogP contribution < -0.4 is 17.0 Å². The third-order valence-electron chi connectivity index (χ3n) is 5.32. The number of nitrogens with two attached hydrogens (primary N) is 1. The smallest absolute Gasteiger partial charge is 0.353 e. The summed E-state index contributed by atoms with van der Waals surface area (Å²) in [4.78, 5) is 33.9. The first-order valence-corrected chi connectivity index (χ1v) is 9.84. The Balaban J connectivity index is 1.84. The fourth-order valence-corrected chi connectivity index (χ4v) is 3.64. The summed E-state index contributed by atoms with van der Waals surface area (Å²) in [7, 11) is 1.66. The number of rotatable bonds is 4. The molecule has 0 spiro atoms. The number of pyridine rings is 1. The standard InChI is InChI=1S/C22H19N7O3/c1-13-16(24-12-32-13)11-28-22(31)29-20(26-28)18(15-8-9-17(30)27(2)10-15)19(25-21(29)23)14-6-4-3-5-7-14/h3-10,12H,11H2,1-2H3,(H2,23,25). The van der Waals surface area contributed by atoms with Crippen molar-refractivity contribution in [2.45, 2.75) is 13.5 Å². The molecule has 0 aliphatic heterocycles. The van der Waals surface area contributed by atoms with E-state index in [9.17, 15) is 9.59 Å². The van der Waals surface area contributed by atoms with Crippen molar-refractivity contribution in [3.05, 3.63) is 87.3 Å². The molecule has 10 nitrogen and oxygen atoms in total. The minimum atomic E-state index is -0.446. The molecule has 0 unspecified atom stereocenters. The molecule has 0 saturated heterocycles.